The molecule has 3 heteroatoms. The lowest BCUT2D eigenvalue weighted by molar-refractivity contribution is 0.627. The Hall–Kier alpha value is -1.80. The lowest BCUT2D eigenvalue weighted by Crippen LogP contribution is -1.92. The van der Waals surface area contributed by atoms with Gasteiger partial charge < -0.3 is 4.57 Å². The minimum Gasteiger partial charge on any atom is -0.316 e. The first-order valence-electron chi connectivity index (χ1n) is 5.18. The van der Waals surface area contributed by atoms with Gasteiger partial charge in [0.25, 0.3) is 0 Å². The number of hydrogen-bond acceptors (Lipinski definition) is 0. The fourth-order valence-electron chi connectivity index (χ4n) is 1.88. The predicted octanol–water partition coefficient (Wildman–Crippen LogP) is 4.22. The highest BCUT2D eigenvalue weighted by Gasteiger charge is 2.05. The van der Waals surface area contributed by atoms with Gasteiger partial charge in [0.1, 0.15) is 5.82 Å². The molecule has 1 nitrogen and oxygen atoms in total. The van der Waals surface area contributed by atoms with Crippen molar-refractivity contribution in [1.82, 2.24) is 4.57 Å². The summed E-state index contributed by atoms with van der Waals surface area (Å²) < 4.78 is 15.3. The van der Waals surface area contributed by atoms with Crippen molar-refractivity contribution < 1.29 is 4.39 Å². The second kappa shape index (κ2) is 3.90. The maximum atomic E-state index is 13.4. The van der Waals surface area contributed by atoms with E-state index in [-0.39, 0.29) is 5.02 Å². The second-order valence-corrected chi connectivity index (χ2v) is 4.18. The number of nitrogens with zero attached hydrogens (tertiary/aromatic N) is 1. The van der Waals surface area contributed by atoms with E-state index in [4.69, 9.17) is 11.6 Å². The van der Waals surface area contributed by atoms with Crippen LogP contribution in [-0.4, -0.2) is 4.57 Å². The number of rotatable bonds is 1. The zero-order valence-corrected chi connectivity index (χ0v) is 9.58. The predicted molar refractivity (Wildman–Crippen MR) is 67.1 cm³/mol. The molecule has 2 aromatic carbocycles. The zero-order valence-electron chi connectivity index (χ0n) is 8.82. The molecular weight excluding hydrogens is 237 g/mol. The highest BCUT2D eigenvalue weighted by atomic mass is 35.5. The van der Waals surface area contributed by atoms with Gasteiger partial charge in [-0.1, -0.05) is 17.7 Å². The van der Waals surface area contributed by atoms with Gasteiger partial charge in [-0.15, -0.1) is 0 Å². The third-order valence-corrected chi connectivity index (χ3v) is 3.02. The van der Waals surface area contributed by atoms with Crippen LogP contribution in [0.3, 0.4) is 0 Å². The van der Waals surface area contributed by atoms with Crippen LogP contribution in [0.1, 0.15) is 0 Å². The van der Waals surface area contributed by atoms with Crippen molar-refractivity contribution in [1.29, 1.82) is 0 Å². The highest BCUT2D eigenvalue weighted by molar-refractivity contribution is 6.30. The first-order chi connectivity index (χ1) is 8.25. The first kappa shape index (κ1) is 10.4. The van der Waals surface area contributed by atoms with Gasteiger partial charge in [-0.3, -0.25) is 0 Å². The summed E-state index contributed by atoms with van der Waals surface area (Å²) in [5.74, 6) is -0.409. The van der Waals surface area contributed by atoms with Crippen LogP contribution in [0.5, 0.6) is 0 Å². The van der Waals surface area contributed by atoms with Gasteiger partial charge in [-0.2, -0.15) is 0 Å². The van der Waals surface area contributed by atoms with Crippen molar-refractivity contribution in [3.05, 3.63) is 65.6 Å². The molecule has 1 radical (unpaired) electrons. The third kappa shape index (κ3) is 1.71. The van der Waals surface area contributed by atoms with Crippen molar-refractivity contribution in [3.8, 4) is 5.69 Å². The van der Waals surface area contributed by atoms with Gasteiger partial charge in [0.05, 0.1) is 10.5 Å². The van der Waals surface area contributed by atoms with E-state index in [0.29, 0.717) is 0 Å². The van der Waals surface area contributed by atoms with Crippen LogP contribution in [0.4, 0.5) is 4.39 Å². The van der Waals surface area contributed by atoms with Crippen LogP contribution in [-0.2, 0) is 0 Å². The summed E-state index contributed by atoms with van der Waals surface area (Å²) in [6, 6.07) is 15.5. The summed E-state index contributed by atoms with van der Waals surface area (Å²) in [6.45, 7) is 0. The number of hydrogen-bond donors (Lipinski definition) is 0. The van der Waals surface area contributed by atoms with Crippen LogP contribution in [0.15, 0.2) is 48.7 Å². The smallest absolute Gasteiger partial charge is 0.143 e. The summed E-state index contributed by atoms with van der Waals surface area (Å²) in [5, 5.41) is 1.21. The summed E-state index contributed by atoms with van der Waals surface area (Å²) >= 11 is 5.67. The molecule has 3 rings (SSSR count). The zero-order chi connectivity index (χ0) is 11.8. The van der Waals surface area contributed by atoms with E-state index < -0.39 is 5.82 Å². The Morgan fingerprint density at radius 2 is 2.06 bits per heavy atom. The van der Waals surface area contributed by atoms with Crippen LogP contribution >= 0.6 is 11.6 Å². The molecule has 1 aromatic heterocycles. The van der Waals surface area contributed by atoms with E-state index in [9.17, 15) is 4.39 Å². The highest BCUT2D eigenvalue weighted by Crippen LogP contribution is 2.23. The van der Waals surface area contributed by atoms with Gasteiger partial charge in [0, 0.05) is 17.3 Å². The molecule has 0 spiro atoms. The van der Waals surface area contributed by atoms with Crippen molar-refractivity contribution in [2.75, 3.05) is 0 Å². The quantitative estimate of drug-likeness (QED) is 0.604. The number of halogens is 2. The molecule has 0 aliphatic carbocycles. The van der Waals surface area contributed by atoms with Gasteiger partial charge >= 0.3 is 0 Å². The Balaban J connectivity index is 2.24. The molecular formula is C14H8ClFN. The van der Waals surface area contributed by atoms with E-state index in [1.807, 2.05) is 35.0 Å². The molecule has 0 saturated carbocycles. The van der Waals surface area contributed by atoms with E-state index >= 15 is 0 Å². The molecule has 0 N–H and O–H groups in total. The van der Waals surface area contributed by atoms with Gasteiger partial charge in [-0.25, -0.2) is 4.39 Å². The standard InChI is InChI=1S/C14H8ClFN/c15-12-6-5-11(9-13(12)16)17-8-7-10-3-1-2-4-14(10)17/h2-9H. The molecule has 0 atom stereocenters. The third-order valence-electron chi connectivity index (χ3n) is 2.72. The largest absolute Gasteiger partial charge is 0.316 e. The monoisotopic (exact) mass is 244 g/mol. The average Bonchev–Trinajstić information content (AvgIpc) is 2.76. The summed E-state index contributed by atoms with van der Waals surface area (Å²) in [4.78, 5) is 0. The molecule has 0 saturated heterocycles. The summed E-state index contributed by atoms with van der Waals surface area (Å²) in [7, 11) is 0. The molecule has 0 amide bonds. The minimum atomic E-state index is -0.409. The molecule has 0 aliphatic heterocycles. The van der Waals surface area contributed by atoms with E-state index in [1.54, 1.807) is 12.1 Å². The summed E-state index contributed by atoms with van der Waals surface area (Å²) in [6.07, 6.45) is 1.90. The van der Waals surface area contributed by atoms with Gasteiger partial charge in [-0.05, 0) is 42.5 Å². The van der Waals surface area contributed by atoms with Crippen LogP contribution in [0.2, 0.25) is 5.02 Å². The molecule has 0 unspecified atom stereocenters. The number of fused-ring (bicyclic) bond motifs is 1. The van der Waals surface area contributed by atoms with Crippen LogP contribution in [0, 0.1) is 11.9 Å². The van der Waals surface area contributed by atoms with Crippen molar-refractivity contribution in [3.63, 3.8) is 0 Å². The Morgan fingerprint density at radius 3 is 2.88 bits per heavy atom. The van der Waals surface area contributed by atoms with Crippen molar-refractivity contribution >= 4 is 22.5 Å². The fourth-order valence-corrected chi connectivity index (χ4v) is 2.00. The topological polar surface area (TPSA) is 4.93 Å². The lowest BCUT2D eigenvalue weighted by Gasteiger charge is -2.06. The Morgan fingerprint density at radius 1 is 1.18 bits per heavy atom. The fraction of sp³-hybridized carbons (Fsp3) is 0. The number of aromatic nitrogens is 1. The first-order valence-corrected chi connectivity index (χ1v) is 5.56. The van der Waals surface area contributed by atoms with Crippen LogP contribution in [0.25, 0.3) is 16.6 Å². The minimum absolute atomic E-state index is 0.138. The van der Waals surface area contributed by atoms with Gasteiger partial charge in [0.2, 0.25) is 0 Å². The maximum absolute atomic E-state index is 13.4. The molecule has 1 heterocycles. The average molecular weight is 245 g/mol. The normalized spacial score (nSPS) is 10.9. The molecule has 83 valence electrons. The molecule has 3 aromatic rings. The molecule has 17 heavy (non-hydrogen) atoms. The van der Waals surface area contributed by atoms with Gasteiger partial charge in [0.15, 0.2) is 0 Å². The maximum Gasteiger partial charge on any atom is 0.143 e. The second-order valence-electron chi connectivity index (χ2n) is 3.77. The Bertz CT molecular complexity index is 688. The number of benzene rings is 2. The van der Waals surface area contributed by atoms with E-state index in [1.165, 1.54) is 6.07 Å². The lowest BCUT2D eigenvalue weighted by atomic mass is 10.2. The molecule has 0 bridgehead atoms. The SMILES string of the molecule is Fc1cc(-n2ccc3c[c]ccc32)ccc1Cl. The molecule has 0 fully saturated rings. The van der Waals surface area contributed by atoms with Crippen molar-refractivity contribution in [2.45, 2.75) is 0 Å². The van der Waals surface area contributed by atoms with Crippen LogP contribution < -0.4 is 0 Å². The summed E-state index contributed by atoms with van der Waals surface area (Å²) in [5.41, 5.74) is 1.78. The molecule has 0 aliphatic rings. The van der Waals surface area contributed by atoms with E-state index in [0.717, 1.165) is 16.6 Å². The Kier molecular flexibility index (Phi) is 2.37. The van der Waals surface area contributed by atoms with Crippen molar-refractivity contribution in [2.24, 2.45) is 0 Å². The Labute approximate surface area is 103 Å². The van der Waals surface area contributed by atoms with E-state index in [2.05, 4.69) is 6.07 Å².